The summed E-state index contributed by atoms with van der Waals surface area (Å²) in [6.45, 7) is 3.38. The Balaban J connectivity index is 1.43. The fraction of sp³-hybridized carbons (Fsp3) is 0.421. The summed E-state index contributed by atoms with van der Waals surface area (Å²) >= 11 is 0. The van der Waals surface area contributed by atoms with Crippen LogP contribution in [0.5, 0.6) is 0 Å². The fourth-order valence-corrected chi connectivity index (χ4v) is 3.65. The number of anilines is 1. The number of rotatable bonds is 2. The number of carbonyl (C=O) groups is 1. The maximum Gasteiger partial charge on any atom is 0.253 e. The summed E-state index contributed by atoms with van der Waals surface area (Å²) in [5.74, 6) is 0.648. The van der Waals surface area contributed by atoms with Gasteiger partial charge in [0.2, 0.25) is 5.95 Å². The molecular weight excluding hydrogens is 335 g/mol. The third kappa shape index (κ3) is 3.53. The van der Waals surface area contributed by atoms with Gasteiger partial charge < -0.3 is 14.5 Å². The molecule has 0 aliphatic carbocycles. The first-order valence-electron chi connectivity index (χ1n) is 8.89. The van der Waals surface area contributed by atoms with Crippen molar-refractivity contribution in [3.8, 4) is 0 Å². The highest BCUT2D eigenvalue weighted by molar-refractivity contribution is 5.94. The van der Waals surface area contributed by atoms with E-state index in [1.807, 2.05) is 4.90 Å². The number of carbonyl (C=O) groups excluding carboxylic acids is 1. The number of amides is 1. The number of piperidine rings is 1. The molecule has 1 aromatic carbocycles. The molecule has 1 amide bonds. The van der Waals surface area contributed by atoms with Crippen molar-refractivity contribution in [3.05, 3.63) is 54.1 Å². The van der Waals surface area contributed by atoms with E-state index in [9.17, 15) is 9.18 Å². The van der Waals surface area contributed by atoms with Gasteiger partial charge in [0.25, 0.3) is 5.91 Å². The predicted octanol–water partition coefficient (Wildman–Crippen LogP) is 1.98. The van der Waals surface area contributed by atoms with Crippen LogP contribution in [0.2, 0.25) is 0 Å². The molecule has 1 aromatic heterocycles. The van der Waals surface area contributed by atoms with Crippen LogP contribution < -0.4 is 4.90 Å². The van der Waals surface area contributed by atoms with Crippen LogP contribution >= 0.6 is 0 Å². The average molecular weight is 356 g/mol. The highest BCUT2D eigenvalue weighted by atomic mass is 19.1. The third-order valence-electron chi connectivity index (χ3n) is 5.06. The quantitative estimate of drug-likeness (QED) is 0.824. The maximum atomic E-state index is 13.1. The summed E-state index contributed by atoms with van der Waals surface area (Å²) in [5.41, 5.74) is 0.512. The lowest BCUT2D eigenvalue weighted by Crippen LogP contribution is -2.49. The summed E-state index contributed by atoms with van der Waals surface area (Å²) in [4.78, 5) is 25.3. The molecule has 4 rings (SSSR count). The smallest absolute Gasteiger partial charge is 0.253 e. The number of aromatic nitrogens is 2. The SMILES string of the molecule is O=C(c1ccc(F)cc1)N1CC[C@@H]2CN(c3ncccn3)CCO[C@@H]2C1. The molecule has 136 valence electrons. The molecule has 3 heterocycles. The highest BCUT2D eigenvalue weighted by Gasteiger charge is 2.35. The van der Waals surface area contributed by atoms with E-state index >= 15 is 0 Å². The van der Waals surface area contributed by atoms with E-state index in [4.69, 9.17) is 4.74 Å². The molecule has 2 saturated heterocycles. The van der Waals surface area contributed by atoms with Gasteiger partial charge in [0.15, 0.2) is 0 Å². The van der Waals surface area contributed by atoms with Gasteiger partial charge in [-0.25, -0.2) is 14.4 Å². The zero-order valence-corrected chi connectivity index (χ0v) is 14.4. The van der Waals surface area contributed by atoms with Gasteiger partial charge in [-0.15, -0.1) is 0 Å². The van der Waals surface area contributed by atoms with Crippen LogP contribution in [-0.2, 0) is 4.74 Å². The van der Waals surface area contributed by atoms with Gasteiger partial charge in [0, 0.05) is 50.1 Å². The van der Waals surface area contributed by atoms with Crippen molar-refractivity contribution in [2.45, 2.75) is 12.5 Å². The Hall–Kier alpha value is -2.54. The summed E-state index contributed by atoms with van der Waals surface area (Å²) in [5, 5.41) is 0. The van der Waals surface area contributed by atoms with E-state index in [2.05, 4.69) is 14.9 Å². The molecule has 26 heavy (non-hydrogen) atoms. The summed E-state index contributed by atoms with van der Waals surface area (Å²) in [6.07, 6.45) is 4.35. The van der Waals surface area contributed by atoms with Crippen molar-refractivity contribution < 1.29 is 13.9 Å². The molecule has 0 spiro atoms. The largest absolute Gasteiger partial charge is 0.374 e. The molecule has 7 heteroatoms. The van der Waals surface area contributed by atoms with E-state index < -0.39 is 0 Å². The van der Waals surface area contributed by atoms with Crippen molar-refractivity contribution in [1.82, 2.24) is 14.9 Å². The maximum absolute atomic E-state index is 13.1. The number of hydrogen-bond donors (Lipinski definition) is 0. The molecule has 2 aliphatic heterocycles. The highest BCUT2D eigenvalue weighted by Crippen LogP contribution is 2.26. The topological polar surface area (TPSA) is 58.6 Å². The summed E-state index contributed by atoms with van der Waals surface area (Å²) < 4.78 is 19.1. The van der Waals surface area contributed by atoms with Crippen LogP contribution in [0.15, 0.2) is 42.7 Å². The average Bonchev–Trinajstić information content (AvgIpc) is 2.90. The minimum Gasteiger partial charge on any atom is -0.374 e. The molecule has 6 nitrogen and oxygen atoms in total. The number of ether oxygens (including phenoxy) is 1. The van der Waals surface area contributed by atoms with Crippen LogP contribution in [0.1, 0.15) is 16.8 Å². The number of likely N-dealkylation sites (tertiary alicyclic amines) is 1. The normalized spacial score (nSPS) is 23.3. The van der Waals surface area contributed by atoms with Gasteiger partial charge in [0.05, 0.1) is 12.7 Å². The number of nitrogens with zero attached hydrogens (tertiary/aromatic N) is 4. The van der Waals surface area contributed by atoms with Crippen molar-refractivity contribution in [1.29, 1.82) is 0 Å². The number of fused-ring (bicyclic) bond motifs is 1. The van der Waals surface area contributed by atoms with Crippen LogP contribution in [0.3, 0.4) is 0 Å². The number of hydrogen-bond acceptors (Lipinski definition) is 5. The minimum absolute atomic E-state index is 0.00172. The van der Waals surface area contributed by atoms with E-state index in [-0.39, 0.29) is 17.8 Å². The lowest BCUT2D eigenvalue weighted by Gasteiger charge is -2.38. The van der Waals surface area contributed by atoms with Crippen molar-refractivity contribution in [2.24, 2.45) is 5.92 Å². The molecule has 2 atom stereocenters. The first-order valence-corrected chi connectivity index (χ1v) is 8.89. The van der Waals surface area contributed by atoms with Crippen LogP contribution in [0, 0.1) is 11.7 Å². The minimum atomic E-state index is -0.337. The van der Waals surface area contributed by atoms with E-state index in [0.717, 1.165) is 25.5 Å². The Morgan fingerprint density at radius 2 is 1.88 bits per heavy atom. The Morgan fingerprint density at radius 3 is 2.65 bits per heavy atom. The van der Waals surface area contributed by atoms with Gasteiger partial charge in [-0.3, -0.25) is 4.79 Å². The molecule has 0 unspecified atom stereocenters. The van der Waals surface area contributed by atoms with Gasteiger partial charge in [-0.1, -0.05) is 0 Å². The monoisotopic (exact) mass is 356 g/mol. The van der Waals surface area contributed by atoms with Gasteiger partial charge in [0.1, 0.15) is 5.82 Å². The van der Waals surface area contributed by atoms with E-state index in [1.165, 1.54) is 24.3 Å². The molecule has 0 saturated carbocycles. The van der Waals surface area contributed by atoms with Crippen molar-refractivity contribution in [3.63, 3.8) is 0 Å². The lowest BCUT2D eigenvalue weighted by atomic mass is 9.93. The third-order valence-corrected chi connectivity index (χ3v) is 5.06. The Kier molecular flexibility index (Phi) is 4.79. The van der Waals surface area contributed by atoms with Crippen LogP contribution in [0.25, 0.3) is 0 Å². The Labute approximate surface area is 151 Å². The van der Waals surface area contributed by atoms with E-state index in [1.54, 1.807) is 18.5 Å². The fourth-order valence-electron chi connectivity index (χ4n) is 3.65. The Bertz CT molecular complexity index is 756. The second kappa shape index (κ2) is 7.37. The molecule has 2 aliphatic rings. The number of halogens is 1. The summed E-state index contributed by atoms with van der Waals surface area (Å²) in [6, 6.07) is 7.51. The molecule has 2 aromatic rings. The molecule has 0 bridgehead atoms. The lowest BCUT2D eigenvalue weighted by molar-refractivity contribution is -0.0169. The van der Waals surface area contributed by atoms with Crippen LogP contribution in [0.4, 0.5) is 10.3 Å². The molecule has 2 fully saturated rings. The molecule has 0 radical (unpaired) electrons. The standard InChI is InChI=1S/C19H21FN4O2/c20-16-4-2-14(3-5-16)18(25)23-9-6-15-12-24(10-11-26-17(15)13-23)19-21-7-1-8-22-19/h1-5,7-8,15,17H,6,9-13H2/t15-,17-/m1/s1. The number of benzene rings is 1. The second-order valence-electron chi connectivity index (χ2n) is 6.71. The van der Waals surface area contributed by atoms with Gasteiger partial charge >= 0.3 is 0 Å². The van der Waals surface area contributed by atoms with Gasteiger partial charge in [-0.05, 0) is 36.8 Å². The summed E-state index contributed by atoms with van der Waals surface area (Å²) in [7, 11) is 0. The first kappa shape index (κ1) is 16.9. The van der Waals surface area contributed by atoms with Crippen molar-refractivity contribution in [2.75, 3.05) is 37.7 Å². The van der Waals surface area contributed by atoms with E-state index in [0.29, 0.717) is 31.2 Å². The van der Waals surface area contributed by atoms with Crippen molar-refractivity contribution >= 4 is 11.9 Å². The molecule has 0 N–H and O–H groups in total. The zero-order valence-electron chi connectivity index (χ0n) is 14.4. The zero-order chi connectivity index (χ0) is 17.9. The first-order chi connectivity index (χ1) is 12.7. The van der Waals surface area contributed by atoms with Gasteiger partial charge in [-0.2, -0.15) is 0 Å². The molecular formula is C19H21FN4O2. The van der Waals surface area contributed by atoms with Crippen LogP contribution in [-0.4, -0.2) is 59.7 Å². The predicted molar refractivity (Wildman–Crippen MR) is 94.4 cm³/mol. The second-order valence-corrected chi connectivity index (χ2v) is 6.71. The Morgan fingerprint density at radius 1 is 1.12 bits per heavy atom.